The van der Waals surface area contributed by atoms with Crippen LogP contribution in [0.5, 0.6) is 0 Å². The van der Waals surface area contributed by atoms with Gasteiger partial charge in [-0.15, -0.1) is 0 Å². The van der Waals surface area contributed by atoms with Crippen molar-refractivity contribution in [2.75, 3.05) is 11.0 Å². The topological polar surface area (TPSA) is 63.2 Å². The van der Waals surface area contributed by atoms with Crippen LogP contribution in [0.25, 0.3) is 6.08 Å². The molecule has 2 rings (SSSR count). The maximum Gasteiger partial charge on any atom is 0.229 e. The van der Waals surface area contributed by atoms with Crippen molar-refractivity contribution >= 4 is 27.6 Å². The van der Waals surface area contributed by atoms with E-state index in [1.807, 2.05) is 31.2 Å². The average molecular weight is 315 g/mol. The van der Waals surface area contributed by atoms with Crippen LogP contribution in [0.2, 0.25) is 0 Å². The third-order valence-electron chi connectivity index (χ3n) is 2.92. The zero-order valence-electron chi connectivity index (χ0n) is 12.4. The maximum absolute atomic E-state index is 12.2. The summed E-state index contributed by atoms with van der Waals surface area (Å²) < 4.78 is 24.8. The number of benzene rings is 2. The normalized spacial score (nSPS) is 11.5. The molecule has 0 spiro atoms. The van der Waals surface area contributed by atoms with Gasteiger partial charge in [-0.25, -0.2) is 8.42 Å². The van der Waals surface area contributed by atoms with Crippen LogP contribution in [0.4, 0.5) is 5.69 Å². The highest BCUT2D eigenvalue weighted by Gasteiger charge is 2.06. The van der Waals surface area contributed by atoms with Gasteiger partial charge in [0.25, 0.3) is 0 Å². The van der Waals surface area contributed by atoms with Gasteiger partial charge in [0.05, 0.1) is 6.26 Å². The number of nitrogens with one attached hydrogen (secondary N) is 1. The van der Waals surface area contributed by atoms with E-state index in [1.54, 1.807) is 24.3 Å². The molecule has 2 aromatic rings. The molecule has 114 valence electrons. The number of carbonyl (C=O) groups is 1. The highest BCUT2D eigenvalue weighted by molar-refractivity contribution is 7.92. The number of rotatable bonds is 5. The summed E-state index contributed by atoms with van der Waals surface area (Å²) in [5.41, 5.74) is 2.86. The third kappa shape index (κ3) is 4.86. The van der Waals surface area contributed by atoms with E-state index in [0.717, 1.165) is 17.4 Å². The van der Waals surface area contributed by atoms with Crippen LogP contribution in [0.1, 0.15) is 21.5 Å². The molecule has 0 radical (unpaired) electrons. The molecule has 0 fully saturated rings. The zero-order valence-corrected chi connectivity index (χ0v) is 13.2. The monoisotopic (exact) mass is 315 g/mol. The van der Waals surface area contributed by atoms with Gasteiger partial charge in [-0.3, -0.25) is 9.52 Å². The molecule has 0 saturated heterocycles. The van der Waals surface area contributed by atoms with Gasteiger partial charge in [-0.05, 0) is 30.7 Å². The number of ketones is 1. The first-order chi connectivity index (χ1) is 10.3. The Balaban J connectivity index is 2.18. The molecule has 0 saturated carbocycles. The highest BCUT2D eigenvalue weighted by atomic mass is 32.2. The summed E-state index contributed by atoms with van der Waals surface area (Å²) in [5.74, 6) is -0.182. The summed E-state index contributed by atoms with van der Waals surface area (Å²) in [6.07, 6.45) is 4.29. The molecule has 5 heteroatoms. The SMILES string of the molecule is Cc1cccc(/C=C/C(=O)c2cccc(NS(C)(=O)=O)c2)c1. The highest BCUT2D eigenvalue weighted by Crippen LogP contribution is 2.14. The van der Waals surface area contributed by atoms with Crippen LogP contribution in [-0.4, -0.2) is 20.5 Å². The first kappa shape index (κ1) is 16.0. The van der Waals surface area contributed by atoms with E-state index in [9.17, 15) is 13.2 Å². The summed E-state index contributed by atoms with van der Waals surface area (Å²) in [7, 11) is -3.36. The Kier molecular flexibility index (Phi) is 4.78. The van der Waals surface area contributed by atoms with Gasteiger partial charge in [0.1, 0.15) is 0 Å². The molecular weight excluding hydrogens is 298 g/mol. The number of sulfonamides is 1. The number of hydrogen-bond donors (Lipinski definition) is 1. The molecule has 22 heavy (non-hydrogen) atoms. The standard InChI is InChI=1S/C17H17NO3S/c1-13-5-3-6-14(11-13)9-10-17(19)15-7-4-8-16(12-15)18-22(2,20)21/h3-12,18H,1-2H3/b10-9+. The van der Waals surface area contributed by atoms with Gasteiger partial charge >= 0.3 is 0 Å². The molecule has 0 atom stereocenters. The lowest BCUT2D eigenvalue weighted by atomic mass is 10.1. The van der Waals surface area contributed by atoms with E-state index in [0.29, 0.717) is 11.3 Å². The van der Waals surface area contributed by atoms with Crippen molar-refractivity contribution in [3.8, 4) is 0 Å². The Morgan fingerprint density at radius 2 is 1.82 bits per heavy atom. The summed E-state index contributed by atoms with van der Waals surface area (Å²) in [6.45, 7) is 1.99. The zero-order chi connectivity index (χ0) is 16.2. The summed E-state index contributed by atoms with van der Waals surface area (Å²) in [6, 6.07) is 14.2. The summed E-state index contributed by atoms with van der Waals surface area (Å²) in [4.78, 5) is 12.2. The second-order valence-corrected chi connectivity index (χ2v) is 6.82. The molecule has 0 aromatic heterocycles. The van der Waals surface area contributed by atoms with Crippen molar-refractivity contribution < 1.29 is 13.2 Å². The Morgan fingerprint density at radius 3 is 2.50 bits per heavy atom. The quantitative estimate of drug-likeness (QED) is 0.680. The molecule has 0 bridgehead atoms. The van der Waals surface area contributed by atoms with Gasteiger partial charge in [0.2, 0.25) is 10.0 Å². The Morgan fingerprint density at radius 1 is 1.09 bits per heavy atom. The number of allylic oxidation sites excluding steroid dienone is 1. The molecule has 0 heterocycles. The van der Waals surface area contributed by atoms with Crippen LogP contribution in [0.15, 0.2) is 54.6 Å². The maximum atomic E-state index is 12.2. The second kappa shape index (κ2) is 6.58. The van der Waals surface area contributed by atoms with Crippen LogP contribution >= 0.6 is 0 Å². The van der Waals surface area contributed by atoms with Crippen LogP contribution in [-0.2, 0) is 10.0 Å². The first-order valence-corrected chi connectivity index (χ1v) is 8.59. The Hall–Kier alpha value is -2.40. The molecule has 1 N–H and O–H groups in total. The fraction of sp³-hybridized carbons (Fsp3) is 0.118. The van der Waals surface area contributed by atoms with Gasteiger partial charge in [0.15, 0.2) is 5.78 Å². The van der Waals surface area contributed by atoms with E-state index in [1.165, 1.54) is 12.1 Å². The van der Waals surface area contributed by atoms with Gasteiger partial charge < -0.3 is 0 Å². The molecule has 0 aliphatic heterocycles. The van der Waals surface area contributed by atoms with Gasteiger partial charge in [-0.1, -0.05) is 48.0 Å². The fourth-order valence-corrected chi connectivity index (χ4v) is 2.55. The predicted octanol–water partition coefficient (Wildman–Crippen LogP) is 3.26. The van der Waals surface area contributed by atoms with Gasteiger partial charge in [-0.2, -0.15) is 0 Å². The largest absolute Gasteiger partial charge is 0.289 e. The minimum Gasteiger partial charge on any atom is -0.289 e. The molecule has 4 nitrogen and oxygen atoms in total. The predicted molar refractivity (Wildman–Crippen MR) is 89.5 cm³/mol. The Bertz CT molecular complexity index is 823. The van der Waals surface area contributed by atoms with Crippen molar-refractivity contribution in [3.63, 3.8) is 0 Å². The molecule has 0 unspecified atom stereocenters. The second-order valence-electron chi connectivity index (χ2n) is 5.07. The third-order valence-corrected chi connectivity index (χ3v) is 3.53. The molecular formula is C17H17NO3S. The number of aryl methyl sites for hydroxylation is 1. The molecule has 2 aromatic carbocycles. The fourth-order valence-electron chi connectivity index (χ4n) is 1.99. The lowest BCUT2D eigenvalue weighted by Gasteiger charge is -2.04. The molecule has 0 amide bonds. The number of hydrogen-bond acceptors (Lipinski definition) is 3. The van der Waals surface area contributed by atoms with Crippen molar-refractivity contribution in [2.45, 2.75) is 6.92 Å². The van der Waals surface area contributed by atoms with Crippen LogP contribution < -0.4 is 4.72 Å². The van der Waals surface area contributed by atoms with E-state index in [4.69, 9.17) is 0 Å². The van der Waals surface area contributed by atoms with Crippen LogP contribution in [0, 0.1) is 6.92 Å². The number of anilines is 1. The Labute approximate surface area is 130 Å². The number of carbonyl (C=O) groups excluding carboxylic acids is 1. The van der Waals surface area contributed by atoms with E-state index in [-0.39, 0.29) is 5.78 Å². The van der Waals surface area contributed by atoms with Gasteiger partial charge in [0, 0.05) is 11.3 Å². The summed E-state index contributed by atoms with van der Waals surface area (Å²) >= 11 is 0. The first-order valence-electron chi connectivity index (χ1n) is 6.70. The van der Waals surface area contributed by atoms with Crippen molar-refractivity contribution in [1.82, 2.24) is 0 Å². The molecule has 0 aliphatic carbocycles. The smallest absolute Gasteiger partial charge is 0.229 e. The van der Waals surface area contributed by atoms with E-state index >= 15 is 0 Å². The van der Waals surface area contributed by atoms with E-state index < -0.39 is 10.0 Å². The van der Waals surface area contributed by atoms with Crippen LogP contribution in [0.3, 0.4) is 0 Å². The summed E-state index contributed by atoms with van der Waals surface area (Å²) in [5, 5.41) is 0. The lowest BCUT2D eigenvalue weighted by Crippen LogP contribution is -2.10. The van der Waals surface area contributed by atoms with E-state index in [2.05, 4.69) is 4.72 Å². The van der Waals surface area contributed by atoms with Crippen molar-refractivity contribution in [1.29, 1.82) is 0 Å². The minimum atomic E-state index is -3.36. The lowest BCUT2D eigenvalue weighted by molar-refractivity contribution is 0.104. The van der Waals surface area contributed by atoms with Crippen molar-refractivity contribution in [2.24, 2.45) is 0 Å². The minimum absolute atomic E-state index is 0.182. The van der Waals surface area contributed by atoms with Crippen molar-refractivity contribution in [3.05, 3.63) is 71.3 Å². The molecule has 0 aliphatic rings. The average Bonchev–Trinajstić information content (AvgIpc) is 2.43.